The van der Waals surface area contributed by atoms with Gasteiger partial charge < -0.3 is 25.7 Å². The highest BCUT2D eigenvalue weighted by atomic mass is 16.6. The first-order chi connectivity index (χ1) is 19.4. The van der Waals surface area contributed by atoms with E-state index in [2.05, 4.69) is 41.6 Å². The molecular formula is C32H47N3O6. The van der Waals surface area contributed by atoms with Gasteiger partial charge in [-0.3, -0.25) is 9.59 Å². The third-order valence-corrected chi connectivity index (χ3v) is 11.0. The van der Waals surface area contributed by atoms with E-state index in [1.165, 1.54) is 12.5 Å². The van der Waals surface area contributed by atoms with Gasteiger partial charge in [-0.2, -0.15) is 0 Å². The number of rotatable bonds is 10. The molecule has 3 fully saturated rings. The van der Waals surface area contributed by atoms with Crippen LogP contribution in [0, 0.1) is 40.9 Å². The summed E-state index contributed by atoms with van der Waals surface area (Å²) < 4.78 is 0. The number of carboxylic acids is 1. The smallest absolute Gasteiger partial charge is 0.326 e. The van der Waals surface area contributed by atoms with Crippen molar-refractivity contribution >= 4 is 23.5 Å². The molecule has 0 saturated heterocycles. The van der Waals surface area contributed by atoms with E-state index in [-0.39, 0.29) is 17.4 Å². The number of oxime groups is 1. The topological polar surface area (TPSA) is 137 Å². The van der Waals surface area contributed by atoms with Crippen molar-refractivity contribution in [2.24, 2.45) is 33.7 Å². The molecule has 0 radical (unpaired) electrons. The predicted octanol–water partition coefficient (Wildman–Crippen LogP) is 3.95. The fourth-order valence-electron chi connectivity index (χ4n) is 8.38. The van der Waals surface area contributed by atoms with Crippen molar-refractivity contribution in [3.63, 3.8) is 0 Å². The SMILES string of the molecule is C#C[C@@]1(O)CC[C@H]2[C@@H]3CCC4=C/C(=N/OCC(=O)N[C@H](C)C(=O)N[C@@H](CCCC)C(=O)O)CC[C@]4(C)[C@H]3CC[C@@]21C. The Morgan fingerprint density at radius 3 is 2.56 bits per heavy atom. The molecule has 4 aliphatic carbocycles. The summed E-state index contributed by atoms with van der Waals surface area (Å²) in [4.78, 5) is 41.5. The number of hydrogen-bond donors (Lipinski definition) is 4. The fourth-order valence-corrected chi connectivity index (χ4v) is 8.38. The summed E-state index contributed by atoms with van der Waals surface area (Å²) in [6.07, 6.45) is 17.3. The monoisotopic (exact) mass is 569 g/mol. The second kappa shape index (κ2) is 12.2. The standard InChI is InChI=1S/C32H47N3O6/c1-6-8-9-26(29(38)39)34-28(37)20(3)33-27(36)19-41-35-22-12-15-30(4)21(18-22)10-11-23-24(30)13-16-31(5)25(23)14-17-32(31,40)7-2/h2,18,20,23-26,40H,6,8-17,19H2,1,3-5H3,(H,33,36)(H,34,37)(H,38,39)/b35-22+/t20-,23-,24+,25+,26+,30+,31+,32-/m1/s1. The molecule has 0 bridgehead atoms. The first-order valence-electron chi connectivity index (χ1n) is 15.3. The molecule has 226 valence electrons. The minimum atomic E-state index is -1.09. The average Bonchev–Trinajstić information content (AvgIpc) is 3.21. The summed E-state index contributed by atoms with van der Waals surface area (Å²) in [7, 11) is 0. The van der Waals surface area contributed by atoms with Gasteiger partial charge >= 0.3 is 5.97 Å². The number of aliphatic hydroxyl groups is 1. The molecular weight excluding hydrogens is 522 g/mol. The molecule has 0 heterocycles. The molecule has 9 nitrogen and oxygen atoms in total. The predicted molar refractivity (Wildman–Crippen MR) is 156 cm³/mol. The molecule has 8 atom stereocenters. The highest BCUT2D eigenvalue weighted by Gasteiger charge is 2.63. The van der Waals surface area contributed by atoms with E-state index in [4.69, 9.17) is 11.3 Å². The van der Waals surface area contributed by atoms with Crippen LogP contribution in [0.2, 0.25) is 0 Å². The van der Waals surface area contributed by atoms with Crippen LogP contribution in [0.5, 0.6) is 0 Å². The van der Waals surface area contributed by atoms with Crippen molar-refractivity contribution < 1.29 is 29.4 Å². The number of amides is 2. The van der Waals surface area contributed by atoms with Crippen LogP contribution in [0.1, 0.15) is 98.3 Å². The van der Waals surface area contributed by atoms with Crippen LogP contribution in [0.15, 0.2) is 16.8 Å². The highest BCUT2D eigenvalue weighted by molar-refractivity contribution is 5.96. The Balaban J connectivity index is 1.31. The molecule has 0 aromatic rings. The fraction of sp³-hybridized carbons (Fsp3) is 0.750. The summed E-state index contributed by atoms with van der Waals surface area (Å²) in [5.74, 6) is 2.19. The summed E-state index contributed by atoms with van der Waals surface area (Å²) in [5.41, 5.74) is 1.10. The maximum atomic E-state index is 12.4. The maximum Gasteiger partial charge on any atom is 0.326 e. The highest BCUT2D eigenvalue weighted by Crippen LogP contribution is 2.67. The van der Waals surface area contributed by atoms with Crippen molar-refractivity contribution in [1.82, 2.24) is 10.6 Å². The van der Waals surface area contributed by atoms with E-state index < -0.39 is 35.5 Å². The quantitative estimate of drug-likeness (QED) is 0.232. The number of nitrogens with one attached hydrogen (secondary N) is 2. The van der Waals surface area contributed by atoms with Gasteiger partial charge in [-0.25, -0.2) is 4.79 Å². The summed E-state index contributed by atoms with van der Waals surface area (Å²) in [6.45, 7) is 7.72. The number of fused-ring (bicyclic) bond motifs is 5. The largest absolute Gasteiger partial charge is 0.480 e. The van der Waals surface area contributed by atoms with E-state index in [9.17, 15) is 24.6 Å². The van der Waals surface area contributed by atoms with E-state index in [0.717, 1.165) is 57.1 Å². The van der Waals surface area contributed by atoms with Gasteiger partial charge in [0, 0.05) is 5.41 Å². The molecule has 2 amide bonds. The number of carboxylic acid groups (broad SMARTS) is 1. The summed E-state index contributed by atoms with van der Waals surface area (Å²) in [5, 5.41) is 29.8. The number of nitrogens with zero attached hydrogens (tertiary/aromatic N) is 1. The van der Waals surface area contributed by atoms with Crippen molar-refractivity contribution in [3.8, 4) is 12.3 Å². The summed E-state index contributed by atoms with van der Waals surface area (Å²) >= 11 is 0. The number of aliphatic carboxylic acids is 1. The van der Waals surface area contributed by atoms with Crippen LogP contribution in [-0.4, -0.2) is 58.0 Å². The second-order valence-corrected chi connectivity index (χ2v) is 13.2. The zero-order valence-electron chi connectivity index (χ0n) is 25.0. The molecule has 4 N–H and O–H groups in total. The molecule has 0 spiro atoms. The molecule has 4 aliphatic rings. The van der Waals surface area contributed by atoms with Crippen LogP contribution in [0.25, 0.3) is 0 Å². The minimum absolute atomic E-state index is 0.0885. The zero-order valence-corrected chi connectivity index (χ0v) is 25.0. The van der Waals surface area contributed by atoms with E-state index in [1.807, 2.05) is 6.92 Å². The van der Waals surface area contributed by atoms with Gasteiger partial charge in [0.1, 0.15) is 17.7 Å². The van der Waals surface area contributed by atoms with Gasteiger partial charge in [-0.15, -0.1) is 6.42 Å². The van der Waals surface area contributed by atoms with Gasteiger partial charge in [-0.1, -0.05) is 50.3 Å². The first-order valence-corrected chi connectivity index (χ1v) is 15.3. The molecule has 9 heteroatoms. The van der Waals surface area contributed by atoms with Crippen LogP contribution >= 0.6 is 0 Å². The number of allylic oxidation sites excluding steroid dienone is 2. The lowest BCUT2D eigenvalue weighted by atomic mass is 9.46. The van der Waals surface area contributed by atoms with Crippen molar-refractivity contribution in [2.75, 3.05) is 6.61 Å². The number of unbranched alkanes of at least 4 members (excludes halogenated alkanes) is 1. The lowest BCUT2D eigenvalue weighted by Crippen LogP contribution is -2.54. The number of carbonyl (C=O) groups is 3. The van der Waals surface area contributed by atoms with Gasteiger partial charge in [-0.05, 0) is 94.0 Å². The van der Waals surface area contributed by atoms with Gasteiger partial charge in [0.25, 0.3) is 5.91 Å². The van der Waals surface area contributed by atoms with Crippen molar-refractivity contribution in [3.05, 3.63) is 11.6 Å². The Bertz CT molecular complexity index is 1140. The molecule has 4 rings (SSSR count). The Kier molecular flexibility index (Phi) is 9.22. The Labute approximate surface area is 243 Å². The number of terminal acetylenes is 1. The molecule has 0 aliphatic heterocycles. The molecule has 0 aromatic carbocycles. The first kappa shape index (κ1) is 31.1. The molecule has 41 heavy (non-hydrogen) atoms. The molecule has 0 unspecified atom stereocenters. The normalized spacial score (nSPS) is 36.4. The Hall–Kier alpha value is -2.86. The van der Waals surface area contributed by atoms with Crippen LogP contribution in [-0.2, 0) is 19.2 Å². The molecule has 3 saturated carbocycles. The minimum Gasteiger partial charge on any atom is -0.480 e. The Morgan fingerprint density at radius 1 is 1.15 bits per heavy atom. The van der Waals surface area contributed by atoms with Crippen LogP contribution in [0.3, 0.4) is 0 Å². The third kappa shape index (κ3) is 5.90. The third-order valence-electron chi connectivity index (χ3n) is 11.0. The van der Waals surface area contributed by atoms with Crippen LogP contribution in [0.4, 0.5) is 0 Å². The number of hydrogen-bond acceptors (Lipinski definition) is 6. The van der Waals surface area contributed by atoms with Crippen molar-refractivity contribution in [2.45, 2.75) is 116 Å². The lowest BCUT2D eigenvalue weighted by Gasteiger charge is -2.58. The average molecular weight is 570 g/mol. The van der Waals surface area contributed by atoms with E-state index in [0.29, 0.717) is 37.0 Å². The van der Waals surface area contributed by atoms with E-state index in [1.54, 1.807) is 0 Å². The van der Waals surface area contributed by atoms with Gasteiger partial charge in [0.15, 0.2) is 6.61 Å². The lowest BCUT2D eigenvalue weighted by molar-refractivity contribution is -0.142. The zero-order chi connectivity index (χ0) is 30.0. The van der Waals surface area contributed by atoms with E-state index >= 15 is 0 Å². The maximum absolute atomic E-state index is 12.4. The van der Waals surface area contributed by atoms with Gasteiger partial charge in [0.05, 0.1) is 5.71 Å². The Morgan fingerprint density at radius 2 is 1.88 bits per heavy atom. The van der Waals surface area contributed by atoms with Crippen molar-refractivity contribution in [1.29, 1.82) is 0 Å². The molecule has 0 aromatic heterocycles. The second-order valence-electron chi connectivity index (χ2n) is 13.2. The van der Waals surface area contributed by atoms with Gasteiger partial charge in [0.2, 0.25) is 5.91 Å². The number of carbonyl (C=O) groups excluding carboxylic acids is 2. The summed E-state index contributed by atoms with van der Waals surface area (Å²) in [6, 6.07) is -1.88. The van der Waals surface area contributed by atoms with Crippen LogP contribution < -0.4 is 10.6 Å².